The number of carbonyl (C=O) groups excluding carboxylic acids is 1. The van der Waals surface area contributed by atoms with E-state index < -0.39 is 6.61 Å². The number of rotatable bonds is 5. The molecule has 2 aromatic carbocycles. The highest BCUT2D eigenvalue weighted by Crippen LogP contribution is 2.33. The summed E-state index contributed by atoms with van der Waals surface area (Å²) in [5.41, 5.74) is 1.20. The van der Waals surface area contributed by atoms with E-state index in [0.29, 0.717) is 18.6 Å². The van der Waals surface area contributed by atoms with E-state index in [1.54, 1.807) is 0 Å². The van der Waals surface area contributed by atoms with E-state index in [2.05, 4.69) is 10.1 Å². The number of nitrogens with one attached hydrogen (secondary N) is 1. The Morgan fingerprint density at radius 3 is 2.80 bits per heavy atom. The number of carbonyl (C=O) groups is 1. The van der Waals surface area contributed by atoms with Crippen LogP contribution in [0.1, 0.15) is 28.4 Å². The lowest BCUT2D eigenvalue weighted by molar-refractivity contribution is -0.0512. The van der Waals surface area contributed by atoms with E-state index in [1.807, 2.05) is 24.3 Å². The zero-order valence-corrected chi connectivity index (χ0v) is 13.5. The molecular weight excluding hydrogens is 332 g/mol. The minimum absolute atomic E-state index is 0.0697. The molecule has 0 fully saturated rings. The third-order valence-electron chi connectivity index (χ3n) is 3.91. The van der Waals surface area contributed by atoms with Crippen molar-refractivity contribution in [2.45, 2.75) is 19.1 Å². The van der Waals surface area contributed by atoms with Gasteiger partial charge >= 0.3 is 6.61 Å². The molecule has 3 rings (SSSR count). The summed E-state index contributed by atoms with van der Waals surface area (Å²) < 4.78 is 39.7. The molecule has 1 aliphatic rings. The number of hydrogen-bond acceptors (Lipinski definition) is 4. The molecule has 0 saturated carbocycles. The predicted octanol–water partition coefficient (Wildman–Crippen LogP) is 3.55. The van der Waals surface area contributed by atoms with Gasteiger partial charge in [-0.05, 0) is 24.3 Å². The smallest absolute Gasteiger partial charge is 0.387 e. The molecule has 25 heavy (non-hydrogen) atoms. The first-order chi connectivity index (χ1) is 12.1. The molecule has 1 aliphatic heterocycles. The molecule has 2 aromatic rings. The summed E-state index contributed by atoms with van der Waals surface area (Å²) in [6.45, 7) is -2.46. The second-order valence-electron chi connectivity index (χ2n) is 5.45. The minimum Gasteiger partial charge on any atom is -0.493 e. The van der Waals surface area contributed by atoms with Crippen LogP contribution in [-0.2, 0) is 0 Å². The number of ether oxygens (including phenoxy) is 3. The van der Waals surface area contributed by atoms with E-state index in [0.717, 1.165) is 11.3 Å². The van der Waals surface area contributed by atoms with Gasteiger partial charge in [-0.25, -0.2) is 0 Å². The SMILES string of the molecule is COc1cc(C(=O)NC2CCOc3ccccc32)ccc1OC(F)F. The normalized spacial score (nSPS) is 15.9. The Labute approximate surface area is 143 Å². The second kappa shape index (κ2) is 7.38. The number of benzene rings is 2. The number of para-hydroxylation sites is 1. The standard InChI is InChI=1S/C18H17F2NO4/c1-23-16-10-11(6-7-15(16)25-18(19)20)17(22)21-13-8-9-24-14-5-3-2-4-12(13)14/h2-7,10,13,18H,8-9H2,1H3,(H,21,22). The van der Waals surface area contributed by atoms with E-state index in [-0.39, 0.29) is 23.4 Å². The molecule has 132 valence electrons. The second-order valence-corrected chi connectivity index (χ2v) is 5.45. The van der Waals surface area contributed by atoms with E-state index in [9.17, 15) is 13.6 Å². The molecule has 1 unspecified atom stereocenters. The maximum absolute atomic E-state index is 12.5. The van der Waals surface area contributed by atoms with Gasteiger partial charge in [-0.2, -0.15) is 8.78 Å². The lowest BCUT2D eigenvalue weighted by Gasteiger charge is -2.26. The average Bonchev–Trinajstić information content (AvgIpc) is 2.62. The molecule has 0 spiro atoms. The van der Waals surface area contributed by atoms with Crippen LogP contribution in [0.5, 0.6) is 17.2 Å². The van der Waals surface area contributed by atoms with Crippen LogP contribution in [0, 0.1) is 0 Å². The van der Waals surface area contributed by atoms with Gasteiger partial charge in [0, 0.05) is 17.5 Å². The number of amides is 1. The first-order valence-electron chi connectivity index (χ1n) is 7.74. The van der Waals surface area contributed by atoms with Crippen molar-refractivity contribution in [3.8, 4) is 17.2 Å². The summed E-state index contributed by atoms with van der Waals surface area (Å²) >= 11 is 0. The third kappa shape index (κ3) is 3.81. The van der Waals surface area contributed by atoms with Gasteiger partial charge in [-0.15, -0.1) is 0 Å². The Balaban J connectivity index is 1.78. The van der Waals surface area contributed by atoms with Crippen molar-refractivity contribution in [3.63, 3.8) is 0 Å². The van der Waals surface area contributed by atoms with E-state index >= 15 is 0 Å². The van der Waals surface area contributed by atoms with Gasteiger partial charge < -0.3 is 19.5 Å². The molecule has 7 heteroatoms. The number of hydrogen-bond donors (Lipinski definition) is 1. The minimum atomic E-state index is -2.97. The van der Waals surface area contributed by atoms with Crippen LogP contribution in [0.15, 0.2) is 42.5 Å². The molecule has 1 atom stereocenters. The third-order valence-corrected chi connectivity index (χ3v) is 3.91. The number of alkyl halides is 2. The first-order valence-corrected chi connectivity index (χ1v) is 7.74. The molecule has 1 heterocycles. The monoisotopic (exact) mass is 349 g/mol. The Morgan fingerprint density at radius 2 is 2.04 bits per heavy atom. The van der Waals surface area contributed by atoms with Crippen molar-refractivity contribution in [2.24, 2.45) is 0 Å². The van der Waals surface area contributed by atoms with Gasteiger partial charge in [0.2, 0.25) is 0 Å². The van der Waals surface area contributed by atoms with Crippen molar-refractivity contribution in [1.29, 1.82) is 0 Å². The Bertz CT molecular complexity index is 766. The molecule has 1 amide bonds. The molecule has 0 saturated heterocycles. The van der Waals surface area contributed by atoms with Crippen molar-refractivity contribution < 1.29 is 27.8 Å². The fourth-order valence-corrected chi connectivity index (χ4v) is 2.74. The predicted molar refractivity (Wildman–Crippen MR) is 86.4 cm³/mol. The molecule has 0 radical (unpaired) electrons. The molecular formula is C18H17F2NO4. The van der Waals surface area contributed by atoms with Crippen molar-refractivity contribution in [3.05, 3.63) is 53.6 Å². The fourth-order valence-electron chi connectivity index (χ4n) is 2.74. The zero-order chi connectivity index (χ0) is 17.8. The van der Waals surface area contributed by atoms with Gasteiger partial charge in [-0.1, -0.05) is 18.2 Å². The highest BCUT2D eigenvalue weighted by atomic mass is 19.3. The highest BCUT2D eigenvalue weighted by Gasteiger charge is 2.23. The summed E-state index contributed by atoms with van der Waals surface area (Å²) in [6, 6.07) is 11.4. The van der Waals surface area contributed by atoms with E-state index in [4.69, 9.17) is 9.47 Å². The van der Waals surface area contributed by atoms with Crippen LogP contribution in [0.4, 0.5) is 8.78 Å². The van der Waals surface area contributed by atoms with Gasteiger partial charge in [0.1, 0.15) is 5.75 Å². The lowest BCUT2D eigenvalue weighted by atomic mass is 10.00. The quantitative estimate of drug-likeness (QED) is 0.897. The van der Waals surface area contributed by atoms with E-state index in [1.165, 1.54) is 25.3 Å². The van der Waals surface area contributed by atoms with Crippen LogP contribution in [-0.4, -0.2) is 26.2 Å². The Kier molecular flexibility index (Phi) is 5.02. The molecule has 0 bridgehead atoms. The maximum Gasteiger partial charge on any atom is 0.387 e. The molecule has 1 N–H and O–H groups in total. The first kappa shape index (κ1) is 17.0. The number of halogens is 2. The Morgan fingerprint density at radius 1 is 1.24 bits per heavy atom. The number of fused-ring (bicyclic) bond motifs is 1. The number of methoxy groups -OCH3 is 1. The zero-order valence-electron chi connectivity index (χ0n) is 13.5. The summed E-state index contributed by atoms with van der Waals surface area (Å²) in [4.78, 5) is 12.5. The highest BCUT2D eigenvalue weighted by molar-refractivity contribution is 5.95. The average molecular weight is 349 g/mol. The summed E-state index contributed by atoms with van der Waals surface area (Å²) in [6.07, 6.45) is 0.645. The fraction of sp³-hybridized carbons (Fsp3) is 0.278. The summed E-state index contributed by atoms with van der Waals surface area (Å²) in [7, 11) is 1.32. The van der Waals surface area contributed by atoms with Gasteiger partial charge in [0.05, 0.1) is 19.8 Å². The molecule has 0 aromatic heterocycles. The van der Waals surface area contributed by atoms with Crippen LogP contribution in [0.2, 0.25) is 0 Å². The summed E-state index contributed by atoms with van der Waals surface area (Å²) in [5.74, 6) is 0.367. The van der Waals surface area contributed by atoms with Gasteiger partial charge in [0.25, 0.3) is 5.91 Å². The van der Waals surface area contributed by atoms with Gasteiger partial charge in [0.15, 0.2) is 11.5 Å². The molecule has 5 nitrogen and oxygen atoms in total. The van der Waals surface area contributed by atoms with Crippen molar-refractivity contribution in [1.82, 2.24) is 5.32 Å². The largest absolute Gasteiger partial charge is 0.493 e. The van der Waals surface area contributed by atoms with Crippen LogP contribution in [0.25, 0.3) is 0 Å². The molecule has 0 aliphatic carbocycles. The van der Waals surface area contributed by atoms with Crippen LogP contribution in [0.3, 0.4) is 0 Å². The van der Waals surface area contributed by atoms with Crippen molar-refractivity contribution in [2.75, 3.05) is 13.7 Å². The summed E-state index contributed by atoms with van der Waals surface area (Å²) in [5, 5.41) is 2.94. The van der Waals surface area contributed by atoms with Crippen LogP contribution < -0.4 is 19.5 Å². The topological polar surface area (TPSA) is 56.8 Å². The van der Waals surface area contributed by atoms with Gasteiger partial charge in [-0.3, -0.25) is 4.79 Å². The Hall–Kier alpha value is -2.83. The lowest BCUT2D eigenvalue weighted by Crippen LogP contribution is -2.32. The maximum atomic E-state index is 12.5. The van der Waals surface area contributed by atoms with Crippen LogP contribution >= 0.6 is 0 Å². The van der Waals surface area contributed by atoms with Crippen molar-refractivity contribution >= 4 is 5.91 Å².